The number of anilines is 1. The lowest BCUT2D eigenvalue weighted by molar-refractivity contribution is 0.0620. The topological polar surface area (TPSA) is 52.6 Å². The van der Waals surface area contributed by atoms with Crippen LogP contribution in [0.5, 0.6) is 0 Å². The van der Waals surface area contributed by atoms with Gasteiger partial charge in [-0.25, -0.2) is 0 Å². The highest BCUT2D eigenvalue weighted by Crippen LogP contribution is 2.25. The van der Waals surface area contributed by atoms with Crippen LogP contribution in [0.25, 0.3) is 0 Å². The van der Waals surface area contributed by atoms with Gasteiger partial charge in [0.15, 0.2) is 0 Å². The zero-order valence-electron chi connectivity index (χ0n) is 11.1. The second kappa shape index (κ2) is 5.21. The number of nitrogens with one attached hydrogen (secondary N) is 1. The summed E-state index contributed by atoms with van der Waals surface area (Å²) in [5.41, 5.74) is 3.17. The lowest BCUT2D eigenvalue weighted by Gasteiger charge is -2.32. The van der Waals surface area contributed by atoms with Gasteiger partial charge in [0.1, 0.15) is 0 Å². The van der Waals surface area contributed by atoms with Gasteiger partial charge in [-0.15, -0.1) is 0 Å². The Morgan fingerprint density at radius 2 is 2.37 bits per heavy atom. The van der Waals surface area contributed by atoms with Crippen molar-refractivity contribution < 1.29 is 9.90 Å². The lowest BCUT2D eigenvalue weighted by Crippen LogP contribution is -2.40. The number of aliphatic hydroxyl groups excluding tert-OH is 1. The summed E-state index contributed by atoms with van der Waals surface area (Å²) >= 11 is 0. The van der Waals surface area contributed by atoms with Gasteiger partial charge in [0, 0.05) is 37.5 Å². The first-order valence-electron chi connectivity index (χ1n) is 7.05. The Labute approximate surface area is 113 Å². The zero-order valence-corrected chi connectivity index (χ0v) is 11.1. The van der Waals surface area contributed by atoms with E-state index in [4.69, 9.17) is 0 Å². The summed E-state index contributed by atoms with van der Waals surface area (Å²) in [5, 5.41) is 12.5. The summed E-state index contributed by atoms with van der Waals surface area (Å²) in [4.78, 5) is 14.4. The number of piperidine rings is 1. The normalized spacial score (nSPS) is 21.9. The summed E-state index contributed by atoms with van der Waals surface area (Å²) in [6.07, 6.45) is 3.01. The van der Waals surface area contributed by atoms with E-state index in [2.05, 4.69) is 5.32 Å². The molecule has 102 valence electrons. The van der Waals surface area contributed by atoms with Gasteiger partial charge in [0.05, 0.1) is 0 Å². The van der Waals surface area contributed by atoms with Crippen LogP contribution in [0.2, 0.25) is 0 Å². The second-order valence-corrected chi connectivity index (χ2v) is 5.49. The molecule has 0 saturated carbocycles. The van der Waals surface area contributed by atoms with Crippen LogP contribution >= 0.6 is 0 Å². The lowest BCUT2D eigenvalue weighted by atomic mass is 9.98. The van der Waals surface area contributed by atoms with Crippen LogP contribution in [0, 0.1) is 5.92 Å². The van der Waals surface area contributed by atoms with Gasteiger partial charge in [-0.3, -0.25) is 4.79 Å². The molecule has 0 radical (unpaired) electrons. The van der Waals surface area contributed by atoms with Crippen molar-refractivity contribution in [1.29, 1.82) is 0 Å². The first kappa shape index (κ1) is 12.5. The van der Waals surface area contributed by atoms with Crippen molar-refractivity contribution in [2.24, 2.45) is 5.92 Å². The second-order valence-electron chi connectivity index (χ2n) is 5.49. The highest BCUT2D eigenvalue weighted by atomic mass is 16.3. The first-order chi connectivity index (χ1) is 9.28. The maximum Gasteiger partial charge on any atom is 0.253 e. The predicted molar refractivity (Wildman–Crippen MR) is 74.3 cm³/mol. The van der Waals surface area contributed by atoms with Gasteiger partial charge < -0.3 is 15.3 Å². The van der Waals surface area contributed by atoms with E-state index in [0.29, 0.717) is 6.54 Å². The van der Waals surface area contributed by atoms with Crippen molar-refractivity contribution in [3.05, 3.63) is 29.3 Å². The van der Waals surface area contributed by atoms with Crippen LogP contribution in [-0.4, -0.2) is 42.2 Å². The van der Waals surface area contributed by atoms with Gasteiger partial charge in [0.25, 0.3) is 5.91 Å². The van der Waals surface area contributed by atoms with Crippen molar-refractivity contribution in [2.45, 2.75) is 19.3 Å². The molecule has 3 rings (SSSR count). The minimum Gasteiger partial charge on any atom is -0.396 e. The van der Waals surface area contributed by atoms with E-state index in [1.807, 2.05) is 23.1 Å². The maximum atomic E-state index is 12.5. The van der Waals surface area contributed by atoms with Crippen LogP contribution in [0.1, 0.15) is 28.8 Å². The molecule has 1 amide bonds. The fraction of sp³-hybridized carbons (Fsp3) is 0.533. The van der Waals surface area contributed by atoms with Crippen LogP contribution in [0.15, 0.2) is 18.2 Å². The molecule has 0 aliphatic carbocycles. The first-order valence-corrected chi connectivity index (χ1v) is 7.05. The molecule has 1 fully saturated rings. The number of amides is 1. The molecule has 19 heavy (non-hydrogen) atoms. The van der Waals surface area contributed by atoms with E-state index in [1.165, 1.54) is 5.56 Å². The van der Waals surface area contributed by atoms with Crippen molar-refractivity contribution >= 4 is 11.6 Å². The molecule has 1 atom stereocenters. The minimum atomic E-state index is 0.104. The van der Waals surface area contributed by atoms with Crippen LogP contribution in [-0.2, 0) is 6.42 Å². The standard InChI is InChI=1S/C15H20N2O2/c18-10-11-2-1-7-17(9-11)15(19)13-3-4-14-12(8-13)5-6-16-14/h3-4,8,11,16,18H,1-2,5-7,9-10H2. The Bertz CT molecular complexity index is 487. The monoisotopic (exact) mass is 260 g/mol. The average Bonchev–Trinajstić information content (AvgIpc) is 2.94. The van der Waals surface area contributed by atoms with E-state index >= 15 is 0 Å². The number of aliphatic hydroxyl groups is 1. The zero-order chi connectivity index (χ0) is 13.2. The van der Waals surface area contributed by atoms with Gasteiger partial charge >= 0.3 is 0 Å². The Hall–Kier alpha value is -1.55. The van der Waals surface area contributed by atoms with E-state index < -0.39 is 0 Å². The molecule has 2 N–H and O–H groups in total. The number of carbonyl (C=O) groups is 1. The molecule has 1 aromatic rings. The summed E-state index contributed by atoms with van der Waals surface area (Å²) in [5.74, 6) is 0.349. The fourth-order valence-electron chi connectivity index (χ4n) is 3.02. The molecule has 4 nitrogen and oxygen atoms in total. The van der Waals surface area contributed by atoms with Gasteiger partial charge in [-0.1, -0.05) is 0 Å². The van der Waals surface area contributed by atoms with Crippen molar-refractivity contribution in [2.75, 3.05) is 31.6 Å². The molecule has 4 heteroatoms. The summed E-state index contributed by atoms with van der Waals surface area (Å²) in [6.45, 7) is 2.64. The van der Waals surface area contributed by atoms with E-state index in [-0.39, 0.29) is 18.4 Å². The number of rotatable bonds is 2. The number of fused-ring (bicyclic) bond motifs is 1. The molecule has 2 aliphatic rings. The van der Waals surface area contributed by atoms with E-state index in [1.54, 1.807) is 0 Å². The van der Waals surface area contributed by atoms with E-state index in [9.17, 15) is 9.90 Å². The Morgan fingerprint density at radius 3 is 3.21 bits per heavy atom. The van der Waals surface area contributed by atoms with Crippen molar-refractivity contribution in [3.63, 3.8) is 0 Å². The molecule has 2 aliphatic heterocycles. The molecule has 2 heterocycles. The van der Waals surface area contributed by atoms with Gasteiger partial charge in [-0.2, -0.15) is 0 Å². The molecular weight excluding hydrogens is 240 g/mol. The quantitative estimate of drug-likeness (QED) is 0.847. The number of benzene rings is 1. The number of nitrogens with zero attached hydrogens (tertiary/aromatic N) is 1. The number of carbonyl (C=O) groups excluding carboxylic acids is 1. The van der Waals surface area contributed by atoms with Crippen molar-refractivity contribution in [1.82, 2.24) is 4.90 Å². The summed E-state index contributed by atoms with van der Waals surface area (Å²) < 4.78 is 0. The van der Waals surface area contributed by atoms with Gasteiger partial charge in [0.2, 0.25) is 0 Å². The predicted octanol–water partition coefficient (Wildman–Crippen LogP) is 1.50. The van der Waals surface area contributed by atoms with Crippen LogP contribution < -0.4 is 5.32 Å². The smallest absolute Gasteiger partial charge is 0.253 e. The molecule has 0 bridgehead atoms. The molecule has 1 aromatic carbocycles. The number of hydrogen-bond acceptors (Lipinski definition) is 3. The number of likely N-dealkylation sites (tertiary alicyclic amines) is 1. The summed E-state index contributed by atoms with van der Waals surface area (Å²) in [6, 6.07) is 5.92. The highest BCUT2D eigenvalue weighted by Gasteiger charge is 2.24. The molecule has 0 aromatic heterocycles. The third-order valence-electron chi connectivity index (χ3n) is 4.13. The number of hydrogen-bond donors (Lipinski definition) is 2. The minimum absolute atomic E-state index is 0.104. The fourth-order valence-corrected chi connectivity index (χ4v) is 3.02. The van der Waals surface area contributed by atoms with Crippen LogP contribution in [0.3, 0.4) is 0 Å². The maximum absolute atomic E-state index is 12.5. The third-order valence-corrected chi connectivity index (χ3v) is 4.13. The Balaban J connectivity index is 1.76. The van der Waals surface area contributed by atoms with Crippen LogP contribution in [0.4, 0.5) is 5.69 Å². The molecule has 0 spiro atoms. The third kappa shape index (κ3) is 2.45. The van der Waals surface area contributed by atoms with Gasteiger partial charge in [-0.05, 0) is 48.9 Å². The average molecular weight is 260 g/mol. The van der Waals surface area contributed by atoms with E-state index in [0.717, 1.165) is 43.6 Å². The molecule has 1 saturated heterocycles. The SMILES string of the molecule is O=C(c1ccc2c(c1)CCN2)N1CCCC(CO)C1. The Kier molecular flexibility index (Phi) is 3.42. The van der Waals surface area contributed by atoms with Crippen molar-refractivity contribution in [3.8, 4) is 0 Å². The summed E-state index contributed by atoms with van der Waals surface area (Å²) in [7, 11) is 0. The Morgan fingerprint density at radius 1 is 1.47 bits per heavy atom. The highest BCUT2D eigenvalue weighted by molar-refractivity contribution is 5.95. The molecule has 1 unspecified atom stereocenters. The largest absolute Gasteiger partial charge is 0.396 e. The molecular formula is C15H20N2O2.